The number of carbonyl (C=O) groups is 1. The lowest BCUT2D eigenvalue weighted by molar-refractivity contribution is 0.185. The minimum absolute atomic E-state index is 0.145. The van der Waals surface area contributed by atoms with Crippen molar-refractivity contribution >= 4 is 11.7 Å². The third kappa shape index (κ3) is 4.96. The number of hydrogen-bond donors (Lipinski definition) is 2. The van der Waals surface area contributed by atoms with Crippen molar-refractivity contribution in [3.05, 3.63) is 59.9 Å². The molecule has 6 heteroatoms. The Morgan fingerprint density at radius 3 is 2.62 bits per heavy atom. The van der Waals surface area contributed by atoms with E-state index in [1.54, 1.807) is 13.0 Å². The number of hydrogen-bond acceptors (Lipinski definition) is 3. The number of ether oxygens (including phenoxy) is 1. The Bertz CT molecular complexity index is 665. The average molecular weight is 332 g/mol. The van der Waals surface area contributed by atoms with Crippen molar-refractivity contribution in [1.29, 1.82) is 0 Å². The summed E-state index contributed by atoms with van der Waals surface area (Å²) in [5, 5.41) is 11.8. The second-order valence-corrected chi connectivity index (χ2v) is 5.14. The number of amides is 2. The maximum atomic E-state index is 13.9. The van der Waals surface area contributed by atoms with Crippen molar-refractivity contribution in [2.75, 3.05) is 25.1 Å². The summed E-state index contributed by atoms with van der Waals surface area (Å²) in [6.45, 7) is 2.51. The Hall–Kier alpha value is -2.60. The molecule has 2 aromatic rings. The monoisotopic (exact) mass is 332 g/mol. The number of nitrogens with zero attached hydrogens (tertiary/aromatic N) is 1. The van der Waals surface area contributed by atoms with Crippen molar-refractivity contribution in [3.8, 4) is 5.75 Å². The van der Waals surface area contributed by atoms with Gasteiger partial charge in [-0.2, -0.15) is 0 Å². The highest BCUT2D eigenvalue weighted by Crippen LogP contribution is 2.21. The smallest absolute Gasteiger partial charge is 0.322 e. The van der Waals surface area contributed by atoms with Crippen LogP contribution < -0.4 is 10.1 Å². The maximum Gasteiger partial charge on any atom is 0.322 e. The van der Waals surface area contributed by atoms with E-state index in [2.05, 4.69) is 5.32 Å². The van der Waals surface area contributed by atoms with Gasteiger partial charge in [0, 0.05) is 24.8 Å². The number of nitrogens with one attached hydrogen (secondary N) is 1. The largest absolute Gasteiger partial charge is 0.491 e. The van der Waals surface area contributed by atoms with Crippen LogP contribution in [0.5, 0.6) is 5.75 Å². The van der Waals surface area contributed by atoms with Crippen LogP contribution >= 0.6 is 0 Å². The summed E-state index contributed by atoms with van der Waals surface area (Å²) >= 11 is 0. The molecule has 0 spiro atoms. The fourth-order valence-corrected chi connectivity index (χ4v) is 2.23. The molecule has 2 amide bonds. The number of benzene rings is 2. The first-order valence-electron chi connectivity index (χ1n) is 7.77. The third-order valence-corrected chi connectivity index (χ3v) is 3.36. The highest BCUT2D eigenvalue weighted by molar-refractivity contribution is 5.89. The van der Waals surface area contributed by atoms with Gasteiger partial charge in [0.1, 0.15) is 0 Å². The van der Waals surface area contributed by atoms with Gasteiger partial charge in [0.15, 0.2) is 11.6 Å². The van der Waals surface area contributed by atoms with E-state index in [1.807, 2.05) is 30.3 Å². The highest BCUT2D eigenvalue weighted by Gasteiger charge is 2.14. The Labute approximate surface area is 140 Å². The van der Waals surface area contributed by atoms with Gasteiger partial charge in [-0.3, -0.25) is 0 Å². The van der Waals surface area contributed by atoms with E-state index in [0.717, 1.165) is 5.56 Å². The zero-order valence-corrected chi connectivity index (χ0v) is 13.5. The molecular formula is C18H21FN2O3. The molecule has 2 aromatic carbocycles. The summed E-state index contributed by atoms with van der Waals surface area (Å²) in [7, 11) is 0. The summed E-state index contributed by atoms with van der Waals surface area (Å²) in [6, 6.07) is 13.3. The van der Waals surface area contributed by atoms with Crippen LogP contribution in [0.3, 0.4) is 0 Å². The number of rotatable bonds is 7. The summed E-state index contributed by atoms with van der Waals surface area (Å²) in [6.07, 6.45) is 0. The Balaban J connectivity index is 2.06. The van der Waals surface area contributed by atoms with Gasteiger partial charge < -0.3 is 20.1 Å². The Morgan fingerprint density at radius 1 is 1.25 bits per heavy atom. The summed E-state index contributed by atoms with van der Waals surface area (Å²) in [4.78, 5) is 13.8. The minimum Gasteiger partial charge on any atom is -0.491 e. The molecule has 0 aliphatic rings. The first-order valence-corrected chi connectivity index (χ1v) is 7.77. The molecule has 0 fully saturated rings. The van der Waals surface area contributed by atoms with Crippen molar-refractivity contribution < 1.29 is 19.0 Å². The van der Waals surface area contributed by atoms with Gasteiger partial charge in [0.2, 0.25) is 0 Å². The number of aliphatic hydroxyl groups excluding tert-OH is 1. The molecule has 0 aliphatic heterocycles. The fraction of sp³-hybridized carbons (Fsp3) is 0.278. The molecule has 0 aliphatic carbocycles. The van der Waals surface area contributed by atoms with Crippen molar-refractivity contribution in [2.45, 2.75) is 13.5 Å². The summed E-state index contributed by atoms with van der Waals surface area (Å²) < 4.78 is 19.0. The second kappa shape index (κ2) is 8.88. The first-order chi connectivity index (χ1) is 11.6. The topological polar surface area (TPSA) is 61.8 Å². The van der Waals surface area contributed by atoms with Crippen LogP contribution in [-0.2, 0) is 6.54 Å². The molecule has 0 unspecified atom stereocenters. The lowest BCUT2D eigenvalue weighted by Crippen LogP contribution is -2.36. The molecule has 0 atom stereocenters. The fourth-order valence-electron chi connectivity index (χ4n) is 2.23. The second-order valence-electron chi connectivity index (χ2n) is 5.14. The molecule has 0 saturated heterocycles. The average Bonchev–Trinajstić information content (AvgIpc) is 2.58. The Kier molecular flexibility index (Phi) is 6.57. The van der Waals surface area contributed by atoms with Crippen molar-refractivity contribution in [1.82, 2.24) is 4.90 Å². The van der Waals surface area contributed by atoms with Crippen LogP contribution in [-0.4, -0.2) is 35.8 Å². The zero-order valence-electron chi connectivity index (χ0n) is 13.5. The third-order valence-electron chi connectivity index (χ3n) is 3.36. The van der Waals surface area contributed by atoms with Crippen LogP contribution in [0.15, 0.2) is 48.5 Å². The number of urea groups is 1. The molecule has 128 valence electrons. The van der Waals surface area contributed by atoms with Gasteiger partial charge in [-0.25, -0.2) is 9.18 Å². The van der Waals surface area contributed by atoms with Crippen LogP contribution in [0.25, 0.3) is 0 Å². The summed E-state index contributed by atoms with van der Waals surface area (Å²) in [5.74, 6) is -0.390. The molecule has 0 saturated carbocycles. The number of carbonyl (C=O) groups excluding carboxylic acids is 1. The van der Waals surface area contributed by atoms with E-state index in [1.165, 1.54) is 17.0 Å². The standard InChI is InChI=1S/C18H21FN2O3/c1-2-24-17-9-8-15(12-16(17)19)20-18(23)21(10-11-22)13-14-6-4-3-5-7-14/h3-9,12,22H,2,10-11,13H2,1H3,(H,20,23). The van der Waals surface area contributed by atoms with Crippen molar-refractivity contribution in [2.24, 2.45) is 0 Å². The minimum atomic E-state index is -0.536. The van der Waals surface area contributed by atoms with E-state index in [-0.39, 0.29) is 18.9 Å². The van der Waals surface area contributed by atoms with Gasteiger partial charge in [-0.05, 0) is 24.6 Å². The zero-order chi connectivity index (χ0) is 17.4. The van der Waals surface area contributed by atoms with Gasteiger partial charge >= 0.3 is 6.03 Å². The molecule has 0 aromatic heterocycles. The van der Waals surface area contributed by atoms with Crippen LogP contribution in [0.1, 0.15) is 12.5 Å². The van der Waals surface area contributed by atoms with E-state index < -0.39 is 11.8 Å². The lowest BCUT2D eigenvalue weighted by Gasteiger charge is -2.22. The number of aliphatic hydroxyl groups is 1. The molecule has 0 radical (unpaired) electrons. The number of anilines is 1. The molecule has 24 heavy (non-hydrogen) atoms. The van der Waals surface area contributed by atoms with E-state index >= 15 is 0 Å². The van der Waals surface area contributed by atoms with Gasteiger partial charge in [-0.15, -0.1) is 0 Å². The number of halogens is 1. The van der Waals surface area contributed by atoms with Crippen LogP contribution in [0, 0.1) is 5.82 Å². The highest BCUT2D eigenvalue weighted by atomic mass is 19.1. The van der Waals surface area contributed by atoms with Crippen LogP contribution in [0.2, 0.25) is 0 Å². The molecule has 5 nitrogen and oxygen atoms in total. The molecule has 2 N–H and O–H groups in total. The lowest BCUT2D eigenvalue weighted by atomic mass is 10.2. The maximum absolute atomic E-state index is 13.9. The first kappa shape index (κ1) is 17.7. The molecule has 0 bridgehead atoms. The van der Waals surface area contributed by atoms with Gasteiger partial charge in [0.25, 0.3) is 0 Å². The SMILES string of the molecule is CCOc1ccc(NC(=O)N(CCO)Cc2ccccc2)cc1F. The normalized spacial score (nSPS) is 10.3. The predicted molar refractivity (Wildman–Crippen MR) is 90.5 cm³/mol. The molecule has 0 heterocycles. The predicted octanol–water partition coefficient (Wildman–Crippen LogP) is 3.25. The van der Waals surface area contributed by atoms with E-state index in [9.17, 15) is 14.3 Å². The Morgan fingerprint density at radius 2 is 2.00 bits per heavy atom. The van der Waals surface area contributed by atoms with Gasteiger partial charge in [0.05, 0.1) is 13.2 Å². The molecule has 2 rings (SSSR count). The van der Waals surface area contributed by atoms with Crippen molar-refractivity contribution in [3.63, 3.8) is 0 Å². The van der Waals surface area contributed by atoms with Crippen LogP contribution in [0.4, 0.5) is 14.9 Å². The van der Waals surface area contributed by atoms with E-state index in [0.29, 0.717) is 18.8 Å². The van der Waals surface area contributed by atoms with Gasteiger partial charge in [-0.1, -0.05) is 30.3 Å². The van der Waals surface area contributed by atoms with E-state index in [4.69, 9.17) is 4.74 Å². The quantitative estimate of drug-likeness (QED) is 0.818. The summed E-state index contributed by atoms with van der Waals surface area (Å²) in [5.41, 5.74) is 1.27. The molecular weight excluding hydrogens is 311 g/mol.